The number of aromatic nitrogens is 1. The Labute approximate surface area is 122 Å². The molecule has 1 aromatic heterocycles. The van der Waals surface area contributed by atoms with E-state index in [9.17, 15) is 9.59 Å². The van der Waals surface area contributed by atoms with Crippen molar-refractivity contribution < 1.29 is 9.21 Å². The van der Waals surface area contributed by atoms with Crippen LogP contribution in [0.3, 0.4) is 0 Å². The van der Waals surface area contributed by atoms with Crippen LogP contribution in [-0.4, -0.2) is 16.5 Å². The van der Waals surface area contributed by atoms with Crippen LogP contribution >= 0.6 is 0 Å². The molecular weight excluding hydrogens is 268 g/mol. The molecule has 0 bridgehead atoms. The van der Waals surface area contributed by atoms with Gasteiger partial charge in [0.2, 0.25) is 5.91 Å². The van der Waals surface area contributed by atoms with E-state index < -0.39 is 5.76 Å². The number of para-hydroxylation sites is 2. The summed E-state index contributed by atoms with van der Waals surface area (Å²) < 4.78 is 6.53. The second kappa shape index (κ2) is 5.76. The Hall–Kier alpha value is -2.04. The molecule has 1 fully saturated rings. The monoisotopic (exact) mass is 288 g/mol. The van der Waals surface area contributed by atoms with Crippen molar-refractivity contribution in [1.82, 2.24) is 9.88 Å². The largest absolute Gasteiger partial charge is 0.420 e. The fourth-order valence-corrected chi connectivity index (χ4v) is 3.09. The number of hydrogen-bond donors (Lipinski definition) is 1. The quantitative estimate of drug-likeness (QED) is 0.942. The van der Waals surface area contributed by atoms with Crippen LogP contribution in [0.25, 0.3) is 11.1 Å². The van der Waals surface area contributed by atoms with E-state index in [0.717, 1.165) is 19.3 Å². The first-order valence-electron chi connectivity index (χ1n) is 7.53. The summed E-state index contributed by atoms with van der Waals surface area (Å²) in [4.78, 5) is 24.1. The number of nitrogens with zero attached hydrogens (tertiary/aromatic N) is 1. The number of rotatable bonds is 3. The van der Waals surface area contributed by atoms with E-state index in [0.29, 0.717) is 17.0 Å². The zero-order valence-electron chi connectivity index (χ0n) is 12.2. The Kier molecular flexibility index (Phi) is 3.82. The Morgan fingerprint density at radius 2 is 2.10 bits per heavy atom. The van der Waals surface area contributed by atoms with Crippen molar-refractivity contribution in [3.05, 3.63) is 34.8 Å². The van der Waals surface area contributed by atoms with Crippen LogP contribution in [-0.2, 0) is 11.3 Å². The van der Waals surface area contributed by atoms with Gasteiger partial charge in [0.15, 0.2) is 5.58 Å². The summed E-state index contributed by atoms with van der Waals surface area (Å²) in [5.41, 5.74) is 1.18. The molecule has 1 amide bonds. The summed E-state index contributed by atoms with van der Waals surface area (Å²) in [5, 5.41) is 3.06. The number of fused-ring (bicyclic) bond motifs is 1. The summed E-state index contributed by atoms with van der Waals surface area (Å²) >= 11 is 0. The fraction of sp³-hybridized carbons (Fsp3) is 0.500. The molecule has 1 N–H and O–H groups in total. The van der Waals surface area contributed by atoms with Crippen molar-refractivity contribution in [3.8, 4) is 0 Å². The minimum absolute atomic E-state index is 0.0130. The van der Waals surface area contributed by atoms with Gasteiger partial charge in [0.05, 0.1) is 5.52 Å². The lowest BCUT2D eigenvalue weighted by Crippen LogP contribution is -2.43. The van der Waals surface area contributed by atoms with Crippen LogP contribution in [0.15, 0.2) is 33.5 Å². The number of nitrogens with one attached hydrogen (secondary N) is 1. The molecule has 1 aliphatic carbocycles. The first-order chi connectivity index (χ1) is 10.1. The normalized spacial score (nSPS) is 22.3. The maximum atomic E-state index is 12.2. The van der Waals surface area contributed by atoms with Gasteiger partial charge in [-0.05, 0) is 30.9 Å². The number of amides is 1. The van der Waals surface area contributed by atoms with E-state index in [1.165, 1.54) is 11.0 Å². The van der Waals surface area contributed by atoms with E-state index >= 15 is 0 Å². The highest BCUT2D eigenvalue weighted by Gasteiger charge is 2.23. The molecule has 1 aromatic carbocycles. The van der Waals surface area contributed by atoms with Gasteiger partial charge < -0.3 is 9.73 Å². The molecule has 0 saturated heterocycles. The second-order valence-corrected chi connectivity index (χ2v) is 5.86. The zero-order chi connectivity index (χ0) is 14.8. The number of hydrogen-bond acceptors (Lipinski definition) is 3. The average molecular weight is 288 g/mol. The lowest BCUT2D eigenvalue weighted by atomic mass is 9.86. The zero-order valence-corrected chi connectivity index (χ0v) is 12.2. The first-order valence-corrected chi connectivity index (χ1v) is 7.53. The van der Waals surface area contributed by atoms with Gasteiger partial charge in [-0.1, -0.05) is 31.9 Å². The molecule has 3 rings (SSSR count). The van der Waals surface area contributed by atoms with Crippen LogP contribution in [0.4, 0.5) is 0 Å². The van der Waals surface area contributed by atoms with Gasteiger partial charge >= 0.3 is 5.76 Å². The SMILES string of the molecule is CC1CCCCC1NC(=O)Cn1c(=O)oc2ccccc21. The fourth-order valence-electron chi connectivity index (χ4n) is 3.09. The number of benzene rings is 1. The Balaban J connectivity index is 1.74. The maximum Gasteiger partial charge on any atom is 0.420 e. The van der Waals surface area contributed by atoms with Crippen LogP contribution in [0.1, 0.15) is 32.6 Å². The molecule has 2 atom stereocenters. The molecule has 0 radical (unpaired) electrons. The van der Waals surface area contributed by atoms with E-state index in [1.807, 2.05) is 6.07 Å². The van der Waals surface area contributed by atoms with Gasteiger partial charge in [0, 0.05) is 6.04 Å². The van der Waals surface area contributed by atoms with E-state index in [4.69, 9.17) is 4.42 Å². The van der Waals surface area contributed by atoms with E-state index in [2.05, 4.69) is 12.2 Å². The standard InChI is InChI=1S/C16H20N2O3/c1-11-6-2-3-7-12(11)17-15(19)10-18-13-8-4-5-9-14(13)21-16(18)20/h4-5,8-9,11-12H,2-3,6-7,10H2,1H3,(H,17,19). The van der Waals surface area contributed by atoms with Crippen molar-refractivity contribution in [2.45, 2.75) is 45.2 Å². The third-order valence-electron chi connectivity index (χ3n) is 4.33. The second-order valence-electron chi connectivity index (χ2n) is 5.86. The molecule has 2 unspecified atom stereocenters. The molecular formula is C16H20N2O3. The summed E-state index contributed by atoms with van der Waals surface area (Å²) in [6, 6.07) is 7.37. The van der Waals surface area contributed by atoms with Gasteiger partial charge in [-0.25, -0.2) is 4.79 Å². The minimum atomic E-state index is -0.483. The highest BCUT2D eigenvalue weighted by Crippen LogP contribution is 2.23. The Morgan fingerprint density at radius 3 is 2.90 bits per heavy atom. The molecule has 5 heteroatoms. The number of carbonyl (C=O) groups is 1. The van der Waals surface area contributed by atoms with Gasteiger partial charge in [0.1, 0.15) is 6.54 Å². The molecule has 0 aliphatic heterocycles. The predicted molar refractivity (Wildman–Crippen MR) is 80.0 cm³/mol. The van der Waals surface area contributed by atoms with Gasteiger partial charge in [-0.2, -0.15) is 0 Å². The molecule has 5 nitrogen and oxygen atoms in total. The third kappa shape index (κ3) is 2.86. The molecule has 0 spiro atoms. The molecule has 1 saturated carbocycles. The van der Waals surface area contributed by atoms with Crippen molar-refractivity contribution in [3.63, 3.8) is 0 Å². The van der Waals surface area contributed by atoms with Crippen molar-refractivity contribution in [2.24, 2.45) is 5.92 Å². The maximum absolute atomic E-state index is 12.2. The first kappa shape index (κ1) is 13.9. The molecule has 1 heterocycles. The molecule has 2 aromatic rings. The lowest BCUT2D eigenvalue weighted by molar-refractivity contribution is -0.123. The third-order valence-corrected chi connectivity index (χ3v) is 4.33. The van der Waals surface area contributed by atoms with Crippen LogP contribution in [0, 0.1) is 5.92 Å². The minimum Gasteiger partial charge on any atom is -0.408 e. The van der Waals surface area contributed by atoms with Gasteiger partial charge in [0.25, 0.3) is 0 Å². The summed E-state index contributed by atoms with van der Waals surface area (Å²) in [7, 11) is 0. The van der Waals surface area contributed by atoms with Crippen LogP contribution in [0.2, 0.25) is 0 Å². The summed E-state index contributed by atoms with van der Waals surface area (Å²) in [6.45, 7) is 2.18. The van der Waals surface area contributed by atoms with Crippen LogP contribution < -0.4 is 11.1 Å². The number of oxazole rings is 1. The van der Waals surface area contributed by atoms with E-state index in [-0.39, 0.29) is 18.5 Å². The molecule has 1 aliphatic rings. The van der Waals surface area contributed by atoms with Crippen molar-refractivity contribution in [1.29, 1.82) is 0 Å². The Morgan fingerprint density at radius 1 is 1.33 bits per heavy atom. The van der Waals surface area contributed by atoms with Crippen molar-refractivity contribution in [2.75, 3.05) is 0 Å². The lowest BCUT2D eigenvalue weighted by Gasteiger charge is -2.29. The highest BCUT2D eigenvalue weighted by molar-refractivity contribution is 5.79. The van der Waals surface area contributed by atoms with Gasteiger partial charge in [-0.3, -0.25) is 9.36 Å². The van der Waals surface area contributed by atoms with Crippen LogP contribution in [0.5, 0.6) is 0 Å². The molecule has 112 valence electrons. The van der Waals surface area contributed by atoms with E-state index in [1.54, 1.807) is 18.2 Å². The predicted octanol–water partition coefficient (Wildman–Crippen LogP) is 2.29. The summed E-state index contributed by atoms with van der Waals surface area (Å²) in [5.74, 6) is -0.106. The smallest absolute Gasteiger partial charge is 0.408 e. The Bertz CT molecular complexity index is 701. The molecule has 21 heavy (non-hydrogen) atoms. The topological polar surface area (TPSA) is 64.2 Å². The van der Waals surface area contributed by atoms with Gasteiger partial charge in [-0.15, -0.1) is 0 Å². The average Bonchev–Trinajstić information content (AvgIpc) is 2.78. The summed E-state index contributed by atoms with van der Waals surface area (Å²) in [6.07, 6.45) is 4.57. The van der Waals surface area contributed by atoms with Crippen molar-refractivity contribution >= 4 is 17.0 Å². The highest BCUT2D eigenvalue weighted by atomic mass is 16.4. The number of carbonyl (C=O) groups excluding carboxylic acids is 1.